The molecular weight excluding hydrogens is 326 g/mol. The fraction of sp³-hybridized carbons (Fsp3) is 0.214. The van der Waals surface area contributed by atoms with Gasteiger partial charge in [-0.3, -0.25) is 9.78 Å². The molecule has 1 amide bonds. The maximum Gasteiger partial charge on any atom is 0.283 e. The summed E-state index contributed by atoms with van der Waals surface area (Å²) in [6.07, 6.45) is 4.33. The molecule has 1 aromatic heterocycles. The van der Waals surface area contributed by atoms with E-state index >= 15 is 0 Å². The minimum atomic E-state index is -3.97. The van der Waals surface area contributed by atoms with Crippen molar-refractivity contribution in [2.24, 2.45) is 5.92 Å². The van der Waals surface area contributed by atoms with Gasteiger partial charge in [-0.1, -0.05) is 23.7 Å². The second-order valence-corrected chi connectivity index (χ2v) is 7.08. The molecule has 1 aliphatic carbocycles. The van der Waals surface area contributed by atoms with Gasteiger partial charge in [0.05, 0.1) is 6.20 Å². The average Bonchev–Trinajstić information content (AvgIpc) is 3.29. The van der Waals surface area contributed by atoms with Gasteiger partial charge in [0.1, 0.15) is 0 Å². The fourth-order valence-corrected chi connectivity index (χ4v) is 3.29. The number of benzene rings is 1. The summed E-state index contributed by atoms with van der Waals surface area (Å²) in [6, 6.07) is 7.19. The van der Waals surface area contributed by atoms with Crippen molar-refractivity contribution in [1.82, 2.24) is 14.7 Å². The molecule has 1 aromatic carbocycles. The second-order valence-electron chi connectivity index (χ2n) is 5.01. The van der Waals surface area contributed by atoms with Crippen LogP contribution in [0.5, 0.6) is 0 Å². The van der Waals surface area contributed by atoms with Crippen LogP contribution in [-0.4, -0.2) is 24.3 Å². The SMILES string of the molecule is O=C(NS(=O)(=O)c1cnccn1)[C@@H]1C[C@H]1c1ccc(Cl)cc1. The van der Waals surface area contributed by atoms with Gasteiger partial charge in [0.2, 0.25) is 5.91 Å². The highest BCUT2D eigenvalue weighted by molar-refractivity contribution is 7.90. The highest BCUT2D eigenvalue weighted by Gasteiger charge is 2.45. The number of hydrogen-bond acceptors (Lipinski definition) is 5. The van der Waals surface area contributed by atoms with E-state index in [1.807, 2.05) is 12.1 Å². The summed E-state index contributed by atoms with van der Waals surface area (Å²) in [7, 11) is -3.97. The minimum absolute atomic E-state index is 0.0225. The topological polar surface area (TPSA) is 89.0 Å². The first-order chi connectivity index (χ1) is 10.5. The predicted octanol–water partition coefficient (Wildman–Crippen LogP) is 1.74. The van der Waals surface area contributed by atoms with Gasteiger partial charge in [0.15, 0.2) is 5.03 Å². The Morgan fingerprint density at radius 1 is 1.23 bits per heavy atom. The Morgan fingerprint density at radius 3 is 2.59 bits per heavy atom. The molecule has 2 atom stereocenters. The van der Waals surface area contributed by atoms with E-state index in [9.17, 15) is 13.2 Å². The monoisotopic (exact) mass is 337 g/mol. The predicted molar refractivity (Wildman–Crippen MR) is 79.7 cm³/mol. The molecule has 0 bridgehead atoms. The third kappa shape index (κ3) is 3.10. The van der Waals surface area contributed by atoms with Crippen LogP contribution in [0.1, 0.15) is 17.9 Å². The van der Waals surface area contributed by atoms with E-state index in [2.05, 4.69) is 14.7 Å². The Bertz CT molecular complexity index is 794. The summed E-state index contributed by atoms with van der Waals surface area (Å²) in [5.74, 6) is -0.854. The van der Waals surface area contributed by atoms with Crippen LogP contribution in [0.3, 0.4) is 0 Å². The third-order valence-corrected chi connectivity index (χ3v) is 4.96. The molecule has 0 saturated heterocycles. The van der Waals surface area contributed by atoms with Crippen molar-refractivity contribution in [1.29, 1.82) is 0 Å². The van der Waals surface area contributed by atoms with Gasteiger partial charge in [-0.2, -0.15) is 8.42 Å². The zero-order valence-corrected chi connectivity index (χ0v) is 12.9. The highest BCUT2D eigenvalue weighted by atomic mass is 35.5. The van der Waals surface area contributed by atoms with E-state index in [-0.39, 0.29) is 16.9 Å². The van der Waals surface area contributed by atoms with E-state index in [4.69, 9.17) is 11.6 Å². The molecule has 8 heteroatoms. The molecule has 0 radical (unpaired) electrons. The molecule has 1 N–H and O–H groups in total. The first kappa shape index (κ1) is 14.9. The molecule has 1 fully saturated rings. The summed E-state index contributed by atoms with van der Waals surface area (Å²) < 4.78 is 26.1. The first-order valence-electron chi connectivity index (χ1n) is 6.55. The van der Waals surface area contributed by atoms with Gasteiger partial charge in [0.25, 0.3) is 10.0 Å². The molecular formula is C14H12ClN3O3S. The maximum absolute atomic E-state index is 12.1. The Balaban J connectivity index is 1.68. The zero-order chi connectivity index (χ0) is 15.7. The minimum Gasteiger partial charge on any atom is -0.274 e. The van der Waals surface area contributed by atoms with Gasteiger partial charge in [-0.05, 0) is 30.0 Å². The van der Waals surface area contributed by atoms with Crippen molar-refractivity contribution >= 4 is 27.5 Å². The molecule has 1 saturated carbocycles. The summed E-state index contributed by atoms with van der Waals surface area (Å²) in [5, 5.41) is 0.350. The fourth-order valence-electron chi connectivity index (χ4n) is 2.25. The van der Waals surface area contributed by atoms with E-state index in [0.717, 1.165) is 11.8 Å². The molecule has 6 nitrogen and oxygen atoms in total. The molecule has 3 rings (SSSR count). The number of nitrogens with zero attached hydrogens (tertiary/aromatic N) is 2. The van der Waals surface area contributed by atoms with E-state index in [1.54, 1.807) is 12.1 Å². The molecule has 0 unspecified atom stereocenters. The first-order valence-corrected chi connectivity index (χ1v) is 8.41. The summed E-state index contributed by atoms with van der Waals surface area (Å²) in [6.45, 7) is 0. The lowest BCUT2D eigenvalue weighted by molar-refractivity contribution is -0.120. The van der Waals surface area contributed by atoms with E-state index in [1.165, 1.54) is 12.4 Å². The van der Waals surface area contributed by atoms with Crippen LogP contribution in [0.4, 0.5) is 0 Å². The number of aromatic nitrogens is 2. The average molecular weight is 338 g/mol. The smallest absolute Gasteiger partial charge is 0.274 e. The van der Waals surface area contributed by atoms with Crippen LogP contribution in [0.25, 0.3) is 0 Å². The van der Waals surface area contributed by atoms with Crippen molar-refractivity contribution in [2.75, 3.05) is 0 Å². The van der Waals surface area contributed by atoms with Crippen molar-refractivity contribution in [2.45, 2.75) is 17.4 Å². The van der Waals surface area contributed by atoms with Crippen LogP contribution < -0.4 is 4.72 Å². The molecule has 2 aromatic rings. The highest BCUT2D eigenvalue weighted by Crippen LogP contribution is 2.47. The van der Waals surface area contributed by atoms with Gasteiger partial charge in [0, 0.05) is 23.3 Å². The van der Waals surface area contributed by atoms with Gasteiger partial charge in [-0.15, -0.1) is 0 Å². The van der Waals surface area contributed by atoms with Crippen LogP contribution in [0, 0.1) is 5.92 Å². The normalized spacial score (nSPS) is 20.4. The summed E-state index contributed by atoms with van der Waals surface area (Å²) in [5.41, 5.74) is 0.974. The number of hydrogen-bond donors (Lipinski definition) is 1. The van der Waals surface area contributed by atoms with Crippen molar-refractivity contribution in [3.63, 3.8) is 0 Å². The van der Waals surface area contributed by atoms with Gasteiger partial charge >= 0.3 is 0 Å². The quantitative estimate of drug-likeness (QED) is 0.917. The number of carbonyl (C=O) groups is 1. The van der Waals surface area contributed by atoms with Gasteiger partial charge < -0.3 is 0 Å². The van der Waals surface area contributed by atoms with Gasteiger partial charge in [-0.25, -0.2) is 9.71 Å². The lowest BCUT2D eigenvalue weighted by Crippen LogP contribution is -2.32. The van der Waals surface area contributed by atoms with Crippen molar-refractivity contribution in [3.05, 3.63) is 53.4 Å². The number of carbonyl (C=O) groups excluding carboxylic acids is 1. The van der Waals surface area contributed by atoms with Crippen LogP contribution >= 0.6 is 11.6 Å². The molecule has 114 valence electrons. The Morgan fingerprint density at radius 2 is 1.95 bits per heavy atom. The Labute approximate surface area is 132 Å². The van der Waals surface area contributed by atoms with Crippen molar-refractivity contribution in [3.8, 4) is 0 Å². The third-order valence-electron chi connectivity index (χ3n) is 3.48. The maximum atomic E-state index is 12.1. The molecule has 22 heavy (non-hydrogen) atoms. The lowest BCUT2D eigenvalue weighted by Gasteiger charge is -2.05. The summed E-state index contributed by atoms with van der Waals surface area (Å²) >= 11 is 5.82. The summed E-state index contributed by atoms with van der Waals surface area (Å²) in [4.78, 5) is 19.5. The number of amides is 1. The van der Waals surface area contributed by atoms with E-state index in [0.29, 0.717) is 11.4 Å². The van der Waals surface area contributed by atoms with Crippen LogP contribution in [0.2, 0.25) is 5.02 Å². The lowest BCUT2D eigenvalue weighted by atomic mass is 10.1. The van der Waals surface area contributed by atoms with Crippen LogP contribution in [-0.2, 0) is 14.8 Å². The standard InChI is InChI=1S/C14H12ClN3O3S/c15-10-3-1-9(2-4-10)11-7-12(11)14(19)18-22(20,21)13-8-16-5-6-17-13/h1-6,8,11-12H,7H2,(H,18,19)/t11-,12+/m0/s1. The Hall–Kier alpha value is -1.99. The van der Waals surface area contributed by atoms with Crippen LogP contribution in [0.15, 0.2) is 47.9 Å². The molecule has 0 aliphatic heterocycles. The number of rotatable bonds is 4. The zero-order valence-electron chi connectivity index (χ0n) is 11.3. The Kier molecular flexibility index (Phi) is 3.84. The largest absolute Gasteiger partial charge is 0.283 e. The molecule has 0 spiro atoms. The second kappa shape index (κ2) is 5.66. The number of sulfonamides is 1. The number of halogens is 1. The van der Waals surface area contributed by atoms with E-state index < -0.39 is 15.9 Å². The molecule has 1 aliphatic rings. The van der Waals surface area contributed by atoms with Crippen molar-refractivity contribution < 1.29 is 13.2 Å². The molecule has 1 heterocycles. The number of nitrogens with one attached hydrogen (secondary N) is 1.